The van der Waals surface area contributed by atoms with Crippen LogP contribution in [0.25, 0.3) is 0 Å². The molecule has 0 atom stereocenters. The van der Waals surface area contributed by atoms with Gasteiger partial charge in [-0.1, -0.05) is 0 Å². The summed E-state index contributed by atoms with van der Waals surface area (Å²) in [6, 6.07) is 7.74. The molecule has 10 heteroatoms. The zero-order valence-electron chi connectivity index (χ0n) is 17.6. The Morgan fingerprint density at radius 1 is 1.00 bits per heavy atom. The van der Waals surface area contributed by atoms with Crippen LogP contribution in [0.2, 0.25) is 0 Å². The second kappa shape index (κ2) is 9.79. The van der Waals surface area contributed by atoms with Crippen molar-refractivity contribution in [3.8, 4) is 11.5 Å². The van der Waals surface area contributed by atoms with Crippen LogP contribution in [0.15, 0.2) is 36.4 Å². The normalized spacial score (nSPS) is 10.7. The molecule has 0 unspecified atom stereocenters. The standard InChI is InChI=1S/C21H24FN3O6/c1-21(2,3)31-20(28)25-14-7-6-13(22)10-15(14)24-19(27)12-5-8-16(17(9-12)29-4)30-11-18(23)26/h5-10H,11H2,1-4H3,(H2,23,26)(H,24,27)(H,25,28). The molecule has 0 spiro atoms. The Balaban J connectivity index is 2.22. The second-order valence-corrected chi connectivity index (χ2v) is 7.39. The van der Waals surface area contributed by atoms with Crippen LogP contribution < -0.4 is 25.8 Å². The summed E-state index contributed by atoms with van der Waals surface area (Å²) in [5, 5.41) is 5.02. The summed E-state index contributed by atoms with van der Waals surface area (Å²) in [6.45, 7) is 4.74. The van der Waals surface area contributed by atoms with Crippen molar-refractivity contribution in [2.75, 3.05) is 24.4 Å². The first-order valence-corrected chi connectivity index (χ1v) is 9.18. The summed E-state index contributed by atoms with van der Waals surface area (Å²) >= 11 is 0. The third-order valence-electron chi connectivity index (χ3n) is 3.66. The predicted molar refractivity (Wildman–Crippen MR) is 112 cm³/mol. The molecule has 0 saturated carbocycles. The minimum Gasteiger partial charge on any atom is -0.493 e. The zero-order chi connectivity index (χ0) is 23.2. The van der Waals surface area contributed by atoms with Gasteiger partial charge in [-0.05, 0) is 57.2 Å². The van der Waals surface area contributed by atoms with E-state index in [1.165, 1.54) is 31.4 Å². The van der Waals surface area contributed by atoms with Crippen LogP contribution in [0.3, 0.4) is 0 Å². The average molecular weight is 433 g/mol. The first-order valence-electron chi connectivity index (χ1n) is 9.18. The topological polar surface area (TPSA) is 129 Å². The molecular weight excluding hydrogens is 409 g/mol. The summed E-state index contributed by atoms with van der Waals surface area (Å²) in [4.78, 5) is 35.6. The highest BCUT2D eigenvalue weighted by atomic mass is 19.1. The molecule has 2 aromatic carbocycles. The summed E-state index contributed by atoms with van der Waals surface area (Å²) in [7, 11) is 1.36. The van der Waals surface area contributed by atoms with Crippen LogP contribution in [0.5, 0.6) is 11.5 Å². The van der Waals surface area contributed by atoms with Gasteiger partial charge >= 0.3 is 6.09 Å². The number of halogens is 1. The average Bonchev–Trinajstić information content (AvgIpc) is 2.66. The fourth-order valence-electron chi connectivity index (χ4n) is 2.41. The van der Waals surface area contributed by atoms with E-state index in [1.807, 2.05) is 0 Å². The first kappa shape index (κ1) is 23.5. The van der Waals surface area contributed by atoms with Gasteiger partial charge in [-0.25, -0.2) is 9.18 Å². The zero-order valence-corrected chi connectivity index (χ0v) is 17.6. The van der Waals surface area contributed by atoms with E-state index in [1.54, 1.807) is 20.8 Å². The van der Waals surface area contributed by atoms with Gasteiger partial charge < -0.3 is 25.3 Å². The molecule has 166 valence electrons. The molecule has 0 bridgehead atoms. The quantitative estimate of drug-likeness (QED) is 0.614. The van der Waals surface area contributed by atoms with E-state index in [2.05, 4.69) is 10.6 Å². The maximum atomic E-state index is 13.8. The number of ether oxygens (including phenoxy) is 3. The lowest BCUT2D eigenvalue weighted by atomic mass is 10.1. The molecule has 0 heterocycles. The minimum absolute atomic E-state index is 0.0314. The Hall–Kier alpha value is -3.82. The number of primary amides is 1. The van der Waals surface area contributed by atoms with E-state index in [0.717, 1.165) is 12.1 Å². The number of nitrogens with one attached hydrogen (secondary N) is 2. The summed E-state index contributed by atoms with van der Waals surface area (Å²) < 4.78 is 29.3. The Bertz CT molecular complexity index is 988. The molecule has 2 rings (SSSR count). The monoisotopic (exact) mass is 433 g/mol. The number of methoxy groups -OCH3 is 1. The van der Waals surface area contributed by atoms with Gasteiger partial charge in [-0.3, -0.25) is 14.9 Å². The van der Waals surface area contributed by atoms with Crippen molar-refractivity contribution in [2.45, 2.75) is 26.4 Å². The van der Waals surface area contributed by atoms with E-state index in [9.17, 15) is 18.8 Å². The molecule has 0 aliphatic carbocycles. The molecule has 0 fully saturated rings. The van der Waals surface area contributed by atoms with Crippen LogP contribution in [0.1, 0.15) is 31.1 Å². The Morgan fingerprint density at radius 2 is 1.71 bits per heavy atom. The largest absolute Gasteiger partial charge is 0.493 e. The fraction of sp³-hybridized carbons (Fsp3) is 0.286. The van der Waals surface area contributed by atoms with E-state index >= 15 is 0 Å². The number of amides is 3. The Labute approximate surface area is 178 Å². The van der Waals surface area contributed by atoms with Gasteiger partial charge in [0.25, 0.3) is 11.8 Å². The molecule has 2 aromatic rings. The summed E-state index contributed by atoms with van der Waals surface area (Å²) in [6.07, 6.45) is -0.757. The number of hydrogen-bond acceptors (Lipinski definition) is 6. The summed E-state index contributed by atoms with van der Waals surface area (Å²) in [5.74, 6) is -1.47. The van der Waals surface area contributed by atoms with Crippen molar-refractivity contribution in [2.24, 2.45) is 5.73 Å². The van der Waals surface area contributed by atoms with Crippen LogP contribution in [-0.2, 0) is 9.53 Å². The SMILES string of the molecule is COc1cc(C(=O)Nc2cc(F)ccc2NC(=O)OC(C)(C)C)ccc1OCC(N)=O. The van der Waals surface area contributed by atoms with Gasteiger partial charge in [0.05, 0.1) is 18.5 Å². The molecular formula is C21H24FN3O6. The number of rotatable bonds is 7. The van der Waals surface area contributed by atoms with Crippen LogP contribution in [-0.4, -0.2) is 37.2 Å². The third-order valence-corrected chi connectivity index (χ3v) is 3.66. The van der Waals surface area contributed by atoms with Gasteiger partial charge in [-0.2, -0.15) is 0 Å². The Morgan fingerprint density at radius 3 is 2.32 bits per heavy atom. The van der Waals surface area contributed by atoms with Crippen molar-refractivity contribution in [3.63, 3.8) is 0 Å². The Kier molecular flexibility index (Phi) is 7.41. The van der Waals surface area contributed by atoms with Crippen molar-refractivity contribution in [1.82, 2.24) is 0 Å². The van der Waals surface area contributed by atoms with Gasteiger partial charge in [0.1, 0.15) is 11.4 Å². The van der Waals surface area contributed by atoms with E-state index in [-0.39, 0.29) is 35.0 Å². The highest BCUT2D eigenvalue weighted by Gasteiger charge is 2.19. The van der Waals surface area contributed by atoms with Crippen LogP contribution >= 0.6 is 0 Å². The number of benzene rings is 2. The molecule has 31 heavy (non-hydrogen) atoms. The van der Waals surface area contributed by atoms with Gasteiger partial charge in [0.2, 0.25) is 0 Å². The maximum absolute atomic E-state index is 13.8. The molecule has 0 aliphatic heterocycles. The highest BCUT2D eigenvalue weighted by molar-refractivity contribution is 6.07. The van der Waals surface area contributed by atoms with Gasteiger partial charge in [0, 0.05) is 5.56 Å². The smallest absolute Gasteiger partial charge is 0.412 e. The fourth-order valence-corrected chi connectivity index (χ4v) is 2.41. The van der Waals surface area contributed by atoms with Crippen molar-refractivity contribution in [3.05, 3.63) is 47.8 Å². The molecule has 0 saturated heterocycles. The molecule has 9 nitrogen and oxygen atoms in total. The van der Waals surface area contributed by atoms with E-state index in [0.29, 0.717) is 0 Å². The molecule has 0 aromatic heterocycles. The first-order chi connectivity index (χ1) is 14.5. The molecule has 0 radical (unpaired) electrons. The van der Waals surface area contributed by atoms with Crippen molar-refractivity contribution >= 4 is 29.3 Å². The molecule has 4 N–H and O–H groups in total. The number of anilines is 2. The summed E-state index contributed by atoms with van der Waals surface area (Å²) in [5.41, 5.74) is 4.66. The van der Waals surface area contributed by atoms with E-state index < -0.39 is 29.3 Å². The third kappa shape index (κ3) is 7.18. The van der Waals surface area contributed by atoms with E-state index in [4.69, 9.17) is 19.9 Å². The molecule has 3 amide bonds. The predicted octanol–water partition coefficient (Wildman–Crippen LogP) is 3.30. The number of carbonyl (C=O) groups is 3. The maximum Gasteiger partial charge on any atom is 0.412 e. The lowest BCUT2D eigenvalue weighted by Crippen LogP contribution is -2.27. The minimum atomic E-state index is -0.757. The number of carbonyl (C=O) groups excluding carboxylic acids is 3. The van der Waals surface area contributed by atoms with Gasteiger partial charge in [0.15, 0.2) is 18.1 Å². The lowest BCUT2D eigenvalue weighted by Gasteiger charge is -2.20. The van der Waals surface area contributed by atoms with Crippen LogP contribution in [0, 0.1) is 5.82 Å². The van der Waals surface area contributed by atoms with Crippen molar-refractivity contribution in [1.29, 1.82) is 0 Å². The highest BCUT2D eigenvalue weighted by Crippen LogP contribution is 2.29. The molecule has 0 aliphatic rings. The number of nitrogens with two attached hydrogens (primary N) is 1. The van der Waals surface area contributed by atoms with Crippen LogP contribution in [0.4, 0.5) is 20.6 Å². The lowest BCUT2D eigenvalue weighted by molar-refractivity contribution is -0.119. The second-order valence-electron chi connectivity index (χ2n) is 7.39. The van der Waals surface area contributed by atoms with Gasteiger partial charge in [-0.15, -0.1) is 0 Å². The number of hydrogen-bond donors (Lipinski definition) is 3. The van der Waals surface area contributed by atoms with Crippen molar-refractivity contribution < 1.29 is 33.0 Å².